The lowest BCUT2D eigenvalue weighted by molar-refractivity contribution is -0.128. The summed E-state index contributed by atoms with van der Waals surface area (Å²) >= 11 is 5.90. The Labute approximate surface area is 157 Å². The van der Waals surface area contributed by atoms with Crippen molar-refractivity contribution in [2.75, 3.05) is 6.61 Å². The van der Waals surface area contributed by atoms with Crippen LogP contribution in [0.1, 0.15) is 29.8 Å². The van der Waals surface area contributed by atoms with Gasteiger partial charge in [0.25, 0.3) is 11.8 Å². The predicted molar refractivity (Wildman–Crippen MR) is 99.5 cm³/mol. The van der Waals surface area contributed by atoms with E-state index < -0.39 is 17.9 Å². The number of carbonyl (C=O) groups is 2. The van der Waals surface area contributed by atoms with Crippen LogP contribution in [-0.4, -0.2) is 24.5 Å². The molecule has 2 aromatic rings. The number of benzene rings is 2. The summed E-state index contributed by atoms with van der Waals surface area (Å²) in [6.45, 7) is 5.85. The maximum atomic E-state index is 12.1. The second kappa shape index (κ2) is 9.10. The quantitative estimate of drug-likeness (QED) is 0.758. The molecule has 0 radical (unpaired) electrons. The summed E-state index contributed by atoms with van der Waals surface area (Å²) in [6.07, 6.45) is -0.796. The van der Waals surface area contributed by atoms with E-state index in [9.17, 15) is 9.59 Å². The minimum absolute atomic E-state index is 0.399. The maximum Gasteiger partial charge on any atom is 0.279 e. The lowest BCUT2D eigenvalue weighted by Gasteiger charge is -2.16. The number of aryl methyl sites for hydroxylation is 1. The van der Waals surface area contributed by atoms with Gasteiger partial charge in [-0.2, -0.15) is 0 Å². The van der Waals surface area contributed by atoms with Crippen LogP contribution < -0.4 is 20.3 Å². The highest BCUT2D eigenvalue weighted by atomic mass is 35.5. The van der Waals surface area contributed by atoms with Gasteiger partial charge in [-0.15, -0.1) is 0 Å². The zero-order valence-corrected chi connectivity index (χ0v) is 15.6. The van der Waals surface area contributed by atoms with E-state index in [1.54, 1.807) is 49.4 Å². The number of amides is 2. The summed E-state index contributed by atoms with van der Waals surface area (Å²) in [7, 11) is 0. The molecule has 0 aliphatic carbocycles. The number of halogens is 1. The maximum absolute atomic E-state index is 12.1. The van der Waals surface area contributed by atoms with Crippen LogP contribution in [0.5, 0.6) is 11.5 Å². The Morgan fingerprint density at radius 1 is 1.12 bits per heavy atom. The Balaban J connectivity index is 1.87. The van der Waals surface area contributed by atoms with Crippen LogP contribution in [0.4, 0.5) is 0 Å². The van der Waals surface area contributed by atoms with Gasteiger partial charge in [-0.05, 0) is 68.8 Å². The van der Waals surface area contributed by atoms with E-state index in [4.69, 9.17) is 21.1 Å². The fourth-order valence-corrected chi connectivity index (χ4v) is 2.38. The molecule has 7 heteroatoms. The number of hydrogen-bond donors (Lipinski definition) is 2. The third-order valence-electron chi connectivity index (χ3n) is 3.54. The molecule has 0 fully saturated rings. The molecule has 0 aliphatic rings. The van der Waals surface area contributed by atoms with Gasteiger partial charge in [0.2, 0.25) is 0 Å². The van der Waals surface area contributed by atoms with Crippen LogP contribution in [0.2, 0.25) is 5.02 Å². The van der Waals surface area contributed by atoms with E-state index in [-0.39, 0.29) is 0 Å². The van der Waals surface area contributed by atoms with Crippen molar-refractivity contribution in [1.29, 1.82) is 0 Å². The first-order valence-corrected chi connectivity index (χ1v) is 8.54. The van der Waals surface area contributed by atoms with Crippen molar-refractivity contribution in [3.63, 3.8) is 0 Å². The summed E-state index contributed by atoms with van der Waals surface area (Å²) in [5.74, 6) is 0.318. The van der Waals surface area contributed by atoms with E-state index in [0.29, 0.717) is 28.7 Å². The summed E-state index contributed by atoms with van der Waals surface area (Å²) < 4.78 is 10.9. The second-order valence-electron chi connectivity index (χ2n) is 5.57. The van der Waals surface area contributed by atoms with Gasteiger partial charge in [-0.1, -0.05) is 11.6 Å². The van der Waals surface area contributed by atoms with Gasteiger partial charge in [-0.3, -0.25) is 20.4 Å². The standard InChI is InChI=1S/C19H21ClN2O4/c1-4-25-16-8-5-14(6-9-16)19(24)22-21-18(23)13(3)26-17-10-7-15(20)11-12(17)2/h5-11,13H,4H2,1-3H3,(H,21,23)(H,22,24). The van der Waals surface area contributed by atoms with E-state index in [0.717, 1.165) is 5.56 Å². The smallest absolute Gasteiger partial charge is 0.279 e. The number of nitrogens with one attached hydrogen (secondary N) is 2. The highest BCUT2D eigenvalue weighted by molar-refractivity contribution is 6.30. The van der Waals surface area contributed by atoms with Crippen LogP contribution >= 0.6 is 11.6 Å². The molecule has 138 valence electrons. The average molecular weight is 377 g/mol. The molecule has 0 saturated heterocycles. The van der Waals surface area contributed by atoms with Gasteiger partial charge in [0.05, 0.1) is 6.61 Å². The molecule has 0 aromatic heterocycles. The second-order valence-corrected chi connectivity index (χ2v) is 6.01. The Kier molecular flexibility index (Phi) is 6.86. The summed E-state index contributed by atoms with van der Waals surface area (Å²) in [6, 6.07) is 11.7. The first-order valence-electron chi connectivity index (χ1n) is 8.16. The highest BCUT2D eigenvalue weighted by Crippen LogP contribution is 2.22. The first kappa shape index (κ1) is 19.6. The average Bonchev–Trinajstić information content (AvgIpc) is 2.62. The fourth-order valence-electron chi connectivity index (χ4n) is 2.15. The highest BCUT2D eigenvalue weighted by Gasteiger charge is 2.17. The molecule has 1 unspecified atom stereocenters. The van der Waals surface area contributed by atoms with Crippen molar-refractivity contribution in [1.82, 2.24) is 10.9 Å². The number of hydrogen-bond acceptors (Lipinski definition) is 4. The SMILES string of the molecule is CCOc1ccc(C(=O)NNC(=O)C(C)Oc2ccc(Cl)cc2C)cc1. The molecular formula is C19H21ClN2O4. The van der Waals surface area contributed by atoms with Gasteiger partial charge < -0.3 is 9.47 Å². The van der Waals surface area contributed by atoms with Crippen molar-refractivity contribution >= 4 is 23.4 Å². The summed E-state index contributed by atoms with van der Waals surface area (Å²) in [5, 5.41) is 0.592. The molecule has 0 bridgehead atoms. The Morgan fingerprint density at radius 3 is 2.42 bits per heavy atom. The van der Waals surface area contributed by atoms with Gasteiger partial charge in [0.1, 0.15) is 11.5 Å². The molecular weight excluding hydrogens is 356 g/mol. The number of carbonyl (C=O) groups excluding carboxylic acids is 2. The fraction of sp³-hybridized carbons (Fsp3) is 0.263. The largest absolute Gasteiger partial charge is 0.494 e. The normalized spacial score (nSPS) is 11.4. The van der Waals surface area contributed by atoms with Crippen molar-refractivity contribution < 1.29 is 19.1 Å². The number of rotatable bonds is 6. The van der Waals surface area contributed by atoms with Gasteiger partial charge in [-0.25, -0.2) is 0 Å². The minimum Gasteiger partial charge on any atom is -0.494 e. The molecule has 0 aliphatic heterocycles. The number of hydrazine groups is 1. The molecule has 2 amide bonds. The van der Waals surface area contributed by atoms with Crippen LogP contribution in [0, 0.1) is 6.92 Å². The van der Waals surface area contributed by atoms with Crippen molar-refractivity contribution in [3.8, 4) is 11.5 Å². The molecule has 0 spiro atoms. The molecule has 0 saturated carbocycles. The zero-order valence-electron chi connectivity index (χ0n) is 14.8. The van der Waals surface area contributed by atoms with Gasteiger partial charge in [0, 0.05) is 10.6 Å². The van der Waals surface area contributed by atoms with Crippen LogP contribution in [-0.2, 0) is 4.79 Å². The Hall–Kier alpha value is -2.73. The lowest BCUT2D eigenvalue weighted by atomic mass is 10.2. The van der Waals surface area contributed by atoms with E-state index in [1.165, 1.54) is 0 Å². The van der Waals surface area contributed by atoms with Crippen LogP contribution in [0.3, 0.4) is 0 Å². The third kappa shape index (κ3) is 5.39. The molecule has 1 atom stereocenters. The van der Waals surface area contributed by atoms with E-state index in [1.807, 2.05) is 13.8 Å². The third-order valence-corrected chi connectivity index (χ3v) is 3.77. The van der Waals surface area contributed by atoms with Crippen LogP contribution in [0.25, 0.3) is 0 Å². The Morgan fingerprint density at radius 2 is 1.81 bits per heavy atom. The Bertz CT molecular complexity index is 778. The van der Waals surface area contributed by atoms with Crippen molar-refractivity contribution in [2.24, 2.45) is 0 Å². The van der Waals surface area contributed by atoms with E-state index in [2.05, 4.69) is 10.9 Å². The molecule has 6 nitrogen and oxygen atoms in total. The molecule has 0 heterocycles. The summed E-state index contributed by atoms with van der Waals surface area (Å²) in [4.78, 5) is 24.2. The molecule has 26 heavy (non-hydrogen) atoms. The molecule has 2 aromatic carbocycles. The van der Waals surface area contributed by atoms with Crippen LogP contribution in [0.15, 0.2) is 42.5 Å². The van der Waals surface area contributed by atoms with Gasteiger partial charge >= 0.3 is 0 Å². The number of ether oxygens (including phenoxy) is 2. The first-order chi connectivity index (χ1) is 12.4. The lowest BCUT2D eigenvalue weighted by Crippen LogP contribution is -2.47. The molecule has 2 N–H and O–H groups in total. The topological polar surface area (TPSA) is 76.7 Å². The zero-order chi connectivity index (χ0) is 19.1. The minimum atomic E-state index is -0.796. The van der Waals surface area contributed by atoms with Crippen molar-refractivity contribution in [2.45, 2.75) is 26.9 Å². The predicted octanol–water partition coefficient (Wildman–Crippen LogP) is 3.28. The summed E-state index contributed by atoms with van der Waals surface area (Å²) in [5.41, 5.74) is 5.93. The monoisotopic (exact) mass is 376 g/mol. The molecule has 2 rings (SSSR count). The van der Waals surface area contributed by atoms with Gasteiger partial charge in [0.15, 0.2) is 6.10 Å². The van der Waals surface area contributed by atoms with E-state index >= 15 is 0 Å². The van der Waals surface area contributed by atoms with Crippen molar-refractivity contribution in [3.05, 3.63) is 58.6 Å².